The second-order valence-corrected chi connectivity index (χ2v) is 7.82. The lowest BCUT2D eigenvalue weighted by atomic mass is 9.82. The first-order valence-electron chi connectivity index (χ1n) is 8.59. The largest absolute Gasteiger partial charge is 0.394 e. The quantitative estimate of drug-likeness (QED) is 0.718. The number of hydrogen-bond acceptors (Lipinski definition) is 3. The topological polar surface area (TPSA) is 35.5 Å². The highest BCUT2D eigenvalue weighted by molar-refractivity contribution is 4.94. The summed E-state index contributed by atoms with van der Waals surface area (Å²) >= 11 is 0. The third kappa shape index (κ3) is 4.71. The highest BCUT2D eigenvalue weighted by Crippen LogP contribution is 2.30. The van der Waals surface area contributed by atoms with E-state index in [2.05, 4.69) is 31.0 Å². The van der Waals surface area contributed by atoms with Gasteiger partial charge in [0.1, 0.15) is 0 Å². The van der Waals surface area contributed by atoms with Crippen LogP contribution < -0.4 is 5.32 Å². The van der Waals surface area contributed by atoms with Gasteiger partial charge in [0.2, 0.25) is 0 Å². The molecule has 0 amide bonds. The Hall–Kier alpha value is -0.120. The van der Waals surface area contributed by atoms with Gasteiger partial charge in [-0.15, -0.1) is 0 Å². The predicted molar refractivity (Wildman–Crippen MR) is 85.0 cm³/mol. The lowest BCUT2D eigenvalue weighted by molar-refractivity contribution is 0.113. The lowest BCUT2D eigenvalue weighted by Crippen LogP contribution is -2.49. The monoisotopic (exact) mass is 282 g/mol. The van der Waals surface area contributed by atoms with Crippen LogP contribution in [-0.4, -0.2) is 47.8 Å². The van der Waals surface area contributed by atoms with Crippen molar-refractivity contribution in [2.75, 3.05) is 26.2 Å². The Morgan fingerprint density at radius 2 is 1.90 bits per heavy atom. The van der Waals surface area contributed by atoms with Gasteiger partial charge in [0, 0.05) is 11.6 Å². The van der Waals surface area contributed by atoms with Gasteiger partial charge in [0.15, 0.2) is 0 Å². The van der Waals surface area contributed by atoms with Gasteiger partial charge in [0.05, 0.1) is 6.61 Å². The normalized spacial score (nSPS) is 26.4. The van der Waals surface area contributed by atoms with Gasteiger partial charge in [0.25, 0.3) is 0 Å². The summed E-state index contributed by atoms with van der Waals surface area (Å²) in [5.41, 5.74) is 0.526. The van der Waals surface area contributed by atoms with Crippen LogP contribution in [0.1, 0.15) is 65.7 Å². The second-order valence-electron chi connectivity index (χ2n) is 7.82. The Labute approximate surface area is 125 Å². The van der Waals surface area contributed by atoms with Crippen molar-refractivity contribution < 1.29 is 5.11 Å². The molecule has 0 radical (unpaired) electrons. The molecule has 1 atom stereocenters. The molecule has 1 heterocycles. The van der Waals surface area contributed by atoms with Crippen LogP contribution in [0.3, 0.4) is 0 Å². The van der Waals surface area contributed by atoms with Crippen LogP contribution in [0.4, 0.5) is 0 Å². The zero-order valence-electron chi connectivity index (χ0n) is 13.7. The number of piperidine rings is 1. The maximum atomic E-state index is 9.78. The SMILES string of the molecule is CCC(CO)(CCCN1CCC(C)(C)CC1)NC1CC1. The minimum Gasteiger partial charge on any atom is -0.394 e. The third-order valence-electron chi connectivity index (χ3n) is 5.41. The average molecular weight is 282 g/mol. The van der Waals surface area contributed by atoms with Gasteiger partial charge in [-0.2, -0.15) is 0 Å². The van der Waals surface area contributed by atoms with Crippen LogP contribution in [0.15, 0.2) is 0 Å². The van der Waals surface area contributed by atoms with E-state index in [1.165, 1.54) is 51.7 Å². The van der Waals surface area contributed by atoms with Gasteiger partial charge < -0.3 is 15.3 Å². The molecule has 0 bridgehead atoms. The molecular weight excluding hydrogens is 248 g/mol. The number of nitrogens with zero attached hydrogens (tertiary/aromatic N) is 1. The van der Waals surface area contributed by atoms with Gasteiger partial charge >= 0.3 is 0 Å². The molecule has 118 valence electrons. The molecule has 3 nitrogen and oxygen atoms in total. The van der Waals surface area contributed by atoms with E-state index in [4.69, 9.17) is 0 Å². The van der Waals surface area contributed by atoms with E-state index in [0.29, 0.717) is 11.5 Å². The predicted octanol–water partition coefficient (Wildman–Crippen LogP) is 2.78. The van der Waals surface area contributed by atoms with Crippen molar-refractivity contribution >= 4 is 0 Å². The van der Waals surface area contributed by atoms with Crippen molar-refractivity contribution in [3.05, 3.63) is 0 Å². The Bertz CT molecular complexity index is 285. The summed E-state index contributed by atoms with van der Waals surface area (Å²) in [7, 11) is 0. The summed E-state index contributed by atoms with van der Waals surface area (Å²) in [4.78, 5) is 2.61. The van der Waals surface area contributed by atoms with Gasteiger partial charge in [-0.05, 0) is 70.0 Å². The molecule has 20 heavy (non-hydrogen) atoms. The van der Waals surface area contributed by atoms with Crippen molar-refractivity contribution in [3.63, 3.8) is 0 Å². The molecule has 2 rings (SSSR count). The summed E-state index contributed by atoms with van der Waals surface area (Å²) in [6.45, 7) is 11.0. The van der Waals surface area contributed by atoms with Crippen LogP contribution in [0.25, 0.3) is 0 Å². The molecule has 0 aromatic heterocycles. The first-order valence-corrected chi connectivity index (χ1v) is 8.59. The van der Waals surface area contributed by atoms with Crippen LogP contribution >= 0.6 is 0 Å². The molecule has 1 saturated heterocycles. The van der Waals surface area contributed by atoms with Crippen molar-refractivity contribution in [3.8, 4) is 0 Å². The fraction of sp³-hybridized carbons (Fsp3) is 1.00. The third-order valence-corrected chi connectivity index (χ3v) is 5.41. The maximum Gasteiger partial charge on any atom is 0.0613 e. The molecule has 2 aliphatic rings. The molecule has 2 N–H and O–H groups in total. The fourth-order valence-corrected chi connectivity index (χ4v) is 3.27. The molecule has 1 aliphatic heterocycles. The zero-order chi connectivity index (χ0) is 14.6. The Balaban J connectivity index is 1.70. The molecular formula is C17H34N2O. The lowest BCUT2D eigenvalue weighted by Gasteiger charge is -2.38. The Kier molecular flexibility index (Phi) is 5.49. The van der Waals surface area contributed by atoms with Gasteiger partial charge in [-0.25, -0.2) is 0 Å². The number of aliphatic hydroxyl groups is 1. The summed E-state index contributed by atoms with van der Waals surface area (Å²) in [5.74, 6) is 0. The minimum absolute atomic E-state index is 0.0176. The number of aliphatic hydroxyl groups excluding tert-OH is 1. The van der Waals surface area contributed by atoms with Gasteiger partial charge in [-0.3, -0.25) is 0 Å². The standard InChI is InChI=1S/C17H34N2O/c1-4-17(14-20,18-15-6-7-15)8-5-11-19-12-9-16(2,3)10-13-19/h15,18,20H,4-14H2,1-3H3. The van der Waals surface area contributed by atoms with E-state index in [1.54, 1.807) is 0 Å². The summed E-state index contributed by atoms with van der Waals surface area (Å²) in [6, 6.07) is 0.679. The van der Waals surface area contributed by atoms with Crippen molar-refractivity contribution in [2.24, 2.45) is 5.41 Å². The minimum atomic E-state index is -0.0176. The first-order chi connectivity index (χ1) is 9.49. The number of likely N-dealkylation sites (tertiary alicyclic amines) is 1. The highest BCUT2D eigenvalue weighted by Gasteiger charge is 2.34. The summed E-state index contributed by atoms with van der Waals surface area (Å²) in [6.07, 6.45) is 8.59. The average Bonchev–Trinajstić information content (AvgIpc) is 3.23. The van der Waals surface area contributed by atoms with Crippen LogP contribution in [-0.2, 0) is 0 Å². The van der Waals surface area contributed by atoms with E-state index in [0.717, 1.165) is 12.8 Å². The van der Waals surface area contributed by atoms with Crippen molar-refractivity contribution in [1.82, 2.24) is 10.2 Å². The molecule has 1 aliphatic carbocycles. The molecule has 0 aromatic rings. The summed E-state index contributed by atoms with van der Waals surface area (Å²) < 4.78 is 0. The van der Waals surface area contributed by atoms with E-state index >= 15 is 0 Å². The number of rotatable bonds is 8. The van der Waals surface area contributed by atoms with Crippen LogP contribution in [0, 0.1) is 5.41 Å². The smallest absolute Gasteiger partial charge is 0.0613 e. The Morgan fingerprint density at radius 3 is 2.40 bits per heavy atom. The van der Waals surface area contributed by atoms with Crippen LogP contribution in [0.2, 0.25) is 0 Å². The van der Waals surface area contributed by atoms with Crippen molar-refractivity contribution in [2.45, 2.75) is 77.3 Å². The van der Waals surface area contributed by atoms with E-state index < -0.39 is 0 Å². The zero-order valence-corrected chi connectivity index (χ0v) is 13.7. The van der Waals surface area contributed by atoms with E-state index in [9.17, 15) is 5.11 Å². The van der Waals surface area contributed by atoms with E-state index in [1.807, 2.05) is 0 Å². The molecule has 1 unspecified atom stereocenters. The molecule has 1 saturated carbocycles. The summed E-state index contributed by atoms with van der Waals surface area (Å²) in [5, 5.41) is 13.5. The molecule has 0 aromatic carbocycles. The highest BCUT2D eigenvalue weighted by atomic mass is 16.3. The van der Waals surface area contributed by atoms with Crippen LogP contribution in [0.5, 0.6) is 0 Å². The molecule has 3 heteroatoms. The molecule has 2 fully saturated rings. The molecule has 0 spiro atoms. The second kappa shape index (κ2) is 6.76. The van der Waals surface area contributed by atoms with E-state index in [-0.39, 0.29) is 12.1 Å². The van der Waals surface area contributed by atoms with Crippen molar-refractivity contribution in [1.29, 1.82) is 0 Å². The number of nitrogens with one attached hydrogen (secondary N) is 1. The Morgan fingerprint density at radius 1 is 1.25 bits per heavy atom. The maximum absolute atomic E-state index is 9.78. The van der Waals surface area contributed by atoms with Gasteiger partial charge in [-0.1, -0.05) is 20.8 Å². The number of hydrogen-bond donors (Lipinski definition) is 2. The fourth-order valence-electron chi connectivity index (χ4n) is 3.27. The first kappa shape index (κ1) is 16.3.